The zero-order valence-electron chi connectivity index (χ0n) is 18.0. The molecule has 3 N–H and O–H groups in total. The van der Waals surface area contributed by atoms with Crippen LogP contribution in [-0.4, -0.2) is 56.6 Å². The summed E-state index contributed by atoms with van der Waals surface area (Å²) in [4.78, 5) is 20.1. The van der Waals surface area contributed by atoms with Gasteiger partial charge in [0.15, 0.2) is 12.6 Å². The van der Waals surface area contributed by atoms with Gasteiger partial charge in [-0.1, -0.05) is 24.3 Å². The summed E-state index contributed by atoms with van der Waals surface area (Å²) in [7, 11) is 1.81. The van der Waals surface area contributed by atoms with Crippen LogP contribution >= 0.6 is 0 Å². The van der Waals surface area contributed by atoms with Crippen molar-refractivity contribution in [1.29, 1.82) is 0 Å². The van der Waals surface area contributed by atoms with Gasteiger partial charge in [0.1, 0.15) is 5.75 Å². The number of hydrogen-bond donors (Lipinski definition) is 2. The van der Waals surface area contributed by atoms with Crippen LogP contribution in [0.2, 0.25) is 0 Å². The van der Waals surface area contributed by atoms with E-state index in [1.54, 1.807) is 0 Å². The molecular formula is C23H31N5O2. The fraction of sp³-hybridized carbons (Fsp3) is 0.391. The third-order valence-corrected chi connectivity index (χ3v) is 5.44. The molecule has 160 valence electrons. The summed E-state index contributed by atoms with van der Waals surface area (Å²) in [5.41, 5.74) is 10.2. The number of aryl methyl sites for hydroxylation is 1. The van der Waals surface area contributed by atoms with E-state index in [2.05, 4.69) is 52.2 Å². The number of rotatable bonds is 6. The second-order valence-corrected chi connectivity index (χ2v) is 7.50. The maximum absolute atomic E-state index is 10.9. The van der Waals surface area contributed by atoms with Gasteiger partial charge in [-0.3, -0.25) is 9.79 Å². The quantitative estimate of drug-likeness (QED) is 0.564. The average Bonchev–Trinajstić information content (AvgIpc) is 2.75. The Balaban J connectivity index is 1.55. The third-order valence-electron chi connectivity index (χ3n) is 5.44. The number of guanidine groups is 1. The van der Waals surface area contributed by atoms with Crippen molar-refractivity contribution in [2.24, 2.45) is 10.7 Å². The van der Waals surface area contributed by atoms with E-state index in [9.17, 15) is 4.79 Å². The van der Waals surface area contributed by atoms with E-state index < -0.39 is 5.91 Å². The molecule has 3 rings (SSSR count). The highest BCUT2D eigenvalue weighted by atomic mass is 16.5. The van der Waals surface area contributed by atoms with Crippen molar-refractivity contribution in [3.05, 3.63) is 59.2 Å². The van der Waals surface area contributed by atoms with Crippen molar-refractivity contribution < 1.29 is 9.53 Å². The molecule has 1 aliphatic rings. The van der Waals surface area contributed by atoms with Gasteiger partial charge in [-0.25, -0.2) is 0 Å². The van der Waals surface area contributed by atoms with Crippen LogP contribution in [0.3, 0.4) is 0 Å². The van der Waals surface area contributed by atoms with Gasteiger partial charge in [-0.2, -0.15) is 0 Å². The van der Waals surface area contributed by atoms with Gasteiger partial charge < -0.3 is 25.6 Å². The molecule has 0 spiro atoms. The number of nitrogens with two attached hydrogens (primary N) is 1. The summed E-state index contributed by atoms with van der Waals surface area (Å²) in [5, 5.41) is 3.43. The van der Waals surface area contributed by atoms with Gasteiger partial charge in [-0.05, 0) is 48.7 Å². The Morgan fingerprint density at radius 2 is 1.87 bits per heavy atom. The lowest BCUT2D eigenvalue weighted by Gasteiger charge is -2.38. The predicted molar refractivity (Wildman–Crippen MR) is 121 cm³/mol. The third kappa shape index (κ3) is 5.43. The van der Waals surface area contributed by atoms with Gasteiger partial charge in [0.25, 0.3) is 5.91 Å². The van der Waals surface area contributed by atoms with Crippen molar-refractivity contribution in [3.63, 3.8) is 0 Å². The number of nitrogens with zero attached hydrogens (tertiary/aromatic N) is 3. The predicted octanol–water partition coefficient (Wildman–Crippen LogP) is 2.07. The largest absolute Gasteiger partial charge is 0.484 e. The molecule has 7 heteroatoms. The number of carbonyl (C=O) groups excluding carboxylic acids is 1. The fourth-order valence-electron chi connectivity index (χ4n) is 3.65. The number of ether oxygens (including phenoxy) is 1. The molecule has 2 aromatic rings. The summed E-state index contributed by atoms with van der Waals surface area (Å²) < 4.78 is 5.38. The summed E-state index contributed by atoms with van der Waals surface area (Å²) in [6.45, 7) is 8.60. The van der Waals surface area contributed by atoms with E-state index in [4.69, 9.17) is 10.5 Å². The van der Waals surface area contributed by atoms with Gasteiger partial charge in [-0.15, -0.1) is 0 Å². The smallest absolute Gasteiger partial charge is 0.255 e. The van der Waals surface area contributed by atoms with Gasteiger partial charge in [0.05, 0.1) is 0 Å². The number of primary amides is 1. The Kier molecular flexibility index (Phi) is 7.17. The summed E-state index contributed by atoms with van der Waals surface area (Å²) >= 11 is 0. The summed E-state index contributed by atoms with van der Waals surface area (Å²) in [6, 6.07) is 14.1. The lowest BCUT2D eigenvalue weighted by atomic mass is 10.1. The Hall–Kier alpha value is -3.22. The number of hydrogen-bond acceptors (Lipinski definition) is 4. The van der Waals surface area contributed by atoms with Crippen molar-refractivity contribution in [3.8, 4) is 5.75 Å². The first kappa shape index (κ1) is 21.5. The van der Waals surface area contributed by atoms with Crippen LogP contribution in [0, 0.1) is 13.8 Å². The van der Waals surface area contributed by atoms with Gasteiger partial charge in [0, 0.05) is 45.5 Å². The Morgan fingerprint density at radius 1 is 1.13 bits per heavy atom. The molecule has 7 nitrogen and oxygen atoms in total. The van der Waals surface area contributed by atoms with E-state index in [-0.39, 0.29) is 6.61 Å². The molecule has 1 fully saturated rings. The van der Waals surface area contributed by atoms with Crippen molar-refractivity contribution in [1.82, 2.24) is 10.2 Å². The first-order valence-corrected chi connectivity index (χ1v) is 10.2. The Labute approximate surface area is 178 Å². The van der Waals surface area contributed by atoms with E-state index >= 15 is 0 Å². The van der Waals surface area contributed by atoms with Crippen LogP contribution < -0.4 is 20.7 Å². The number of piperazine rings is 1. The molecule has 0 radical (unpaired) electrons. The topological polar surface area (TPSA) is 83.2 Å². The number of aliphatic imine (C=N–C) groups is 1. The van der Waals surface area contributed by atoms with Crippen LogP contribution in [0.5, 0.6) is 5.75 Å². The summed E-state index contributed by atoms with van der Waals surface area (Å²) in [5.74, 6) is 1.03. The SMILES string of the molecule is CN=C(NCc1cccc(OCC(N)=O)c1)N1CCN(c2cccc(C)c2C)CC1. The average molecular weight is 410 g/mol. The van der Waals surface area contributed by atoms with Gasteiger partial charge >= 0.3 is 0 Å². The molecule has 0 unspecified atom stereocenters. The van der Waals surface area contributed by atoms with E-state index in [1.165, 1.54) is 16.8 Å². The van der Waals surface area contributed by atoms with Crippen molar-refractivity contribution >= 4 is 17.6 Å². The maximum Gasteiger partial charge on any atom is 0.255 e. The highest BCUT2D eigenvalue weighted by Crippen LogP contribution is 2.24. The zero-order chi connectivity index (χ0) is 21.5. The minimum atomic E-state index is -0.487. The standard InChI is InChI=1S/C23H31N5O2/c1-17-6-4-9-21(18(17)2)27-10-12-28(13-11-27)23(25-3)26-15-19-7-5-8-20(14-19)30-16-22(24)29/h4-9,14H,10-13,15-16H2,1-3H3,(H2,24,29)(H,25,26). The highest BCUT2D eigenvalue weighted by molar-refractivity contribution is 5.80. The monoisotopic (exact) mass is 409 g/mol. The first-order valence-electron chi connectivity index (χ1n) is 10.2. The first-order chi connectivity index (χ1) is 14.5. The Morgan fingerprint density at radius 3 is 2.57 bits per heavy atom. The molecule has 0 aromatic heterocycles. The molecule has 0 bridgehead atoms. The number of carbonyl (C=O) groups is 1. The van der Waals surface area contributed by atoms with Crippen LogP contribution in [-0.2, 0) is 11.3 Å². The van der Waals surface area contributed by atoms with Crippen LogP contribution in [0.25, 0.3) is 0 Å². The van der Waals surface area contributed by atoms with Gasteiger partial charge in [0.2, 0.25) is 0 Å². The van der Waals surface area contributed by atoms with Crippen LogP contribution in [0.15, 0.2) is 47.5 Å². The molecule has 0 aliphatic carbocycles. The number of nitrogens with one attached hydrogen (secondary N) is 1. The molecule has 1 amide bonds. The zero-order valence-corrected chi connectivity index (χ0v) is 18.0. The lowest BCUT2D eigenvalue weighted by Crippen LogP contribution is -2.52. The molecule has 2 aromatic carbocycles. The minimum absolute atomic E-state index is 0.122. The normalized spacial score (nSPS) is 14.6. The molecule has 30 heavy (non-hydrogen) atoms. The fourth-order valence-corrected chi connectivity index (χ4v) is 3.65. The number of amides is 1. The molecule has 1 heterocycles. The molecule has 1 aliphatic heterocycles. The number of anilines is 1. The van der Waals surface area contributed by atoms with Crippen LogP contribution in [0.1, 0.15) is 16.7 Å². The maximum atomic E-state index is 10.9. The molecule has 0 atom stereocenters. The number of benzene rings is 2. The Bertz CT molecular complexity index is 904. The summed E-state index contributed by atoms with van der Waals surface area (Å²) in [6.07, 6.45) is 0. The molecule has 1 saturated heterocycles. The van der Waals surface area contributed by atoms with E-state index in [0.29, 0.717) is 12.3 Å². The van der Waals surface area contributed by atoms with Crippen molar-refractivity contribution in [2.45, 2.75) is 20.4 Å². The minimum Gasteiger partial charge on any atom is -0.484 e. The molecule has 0 saturated carbocycles. The van der Waals surface area contributed by atoms with E-state index in [0.717, 1.165) is 37.7 Å². The lowest BCUT2D eigenvalue weighted by molar-refractivity contribution is -0.119. The molecular weight excluding hydrogens is 378 g/mol. The second kappa shape index (κ2) is 10.0. The van der Waals surface area contributed by atoms with E-state index in [1.807, 2.05) is 31.3 Å². The highest BCUT2D eigenvalue weighted by Gasteiger charge is 2.21. The van der Waals surface area contributed by atoms with Crippen LogP contribution in [0.4, 0.5) is 5.69 Å². The van der Waals surface area contributed by atoms with Crippen molar-refractivity contribution in [2.75, 3.05) is 44.7 Å². The second-order valence-electron chi connectivity index (χ2n) is 7.50.